The van der Waals surface area contributed by atoms with Gasteiger partial charge < -0.3 is 4.74 Å². The van der Waals surface area contributed by atoms with Gasteiger partial charge in [-0.1, -0.05) is 25.8 Å². The van der Waals surface area contributed by atoms with Gasteiger partial charge >= 0.3 is 6.36 Å². The predicted molar refractivity (Wildman–Crippen MR) is 108 cm³/mol. The van der Waals surface area contributed by atoms with Crippen LogP contribution in [0.25, 0.3) is 11.1 Å². The second-order valence-corrected chi connectivity index (χ2v) is 8.45. The molecule has 0 aromatic heterocycles. The lowest BCUT2D eigenvalue weighted by atomic mass is 9.73. The third-order valence-corrected chi connectivity index (χ3v) is 6.38. The molecule has 1 aliphatic carbocycles. The lowest BCUT2D eigenvalue weighted by molar-refractivity contribution is -0.275. The average molecular weight is 462 g/mol. The van der Waals surface area contributed by atoms with Crippen molar-refractivity contribution in [3.63, 3.8) is 0 Å². The number of alkyl halides is 4. The first-order valence-corrected chi connectivity index (χ1v) is 10.7. The van der Waals surface area contributed by atoms with Gasteiger partial charge in [0.15, 0.2) is 11.6 Å². The first-order chi connectivity index (χ1) is 15.1. The molecular weight excluding hydrogens is 437 g/mol. The molecule has 8 heteroatoms. The first-order valence-electron chi connectivity index (χ1n) is 10.7. The van der Waals surface area contributed by atoms with Crippen LogP contribution in [0.5, 0.6) is 5.75 Å². The van der Waals surface area contributed by atoms with Gasteiger partial charge in [0.1, 0.15) is 11.6 Å². The van der Waals surface area contributed by atoms with Gasteiger partial charge in [-0.05, 0) is 78.8 Å². The van der Waals surface area contributed by atoms with E-state index in [1.165, 1.54) is 12.1 Å². The molecule has 0 heterocycles. The SMILES string of the molecule is CC(c1cc(F)c(-c2ccc(OC(F)(F)F)c(F)c2)c(F)c1)C1CCC(CCCF)CC1. The molecule has 0 bridgehead atoms. The Labute approximate surface area is 182 Å². The molecule has 0 radical (unpaired) electrons. The van der Waals surface area contributed by atoms with Crippen LogP contribution in [0.2, 0.25) is 0 Å². The van der Waals surface area contributed by atoms with Gasteiger partial charge in [-0.3, -0.25) is 4.39 Å². The van der Waals surface area contributed by atoms with E-state index in [1.807, 2.05) is 6.92 Å². The predicted octanol–water partition coefficient (Wildman–Crippen LogP) is 8.33. The number of benzene rings is 2. The van der Waals surface area contributed by atoms with Crippen LogP contribution in [0.4, 0.5) is 30.7 Å². The summed E-state index contributed by atoms with van der Waals surface area (Å²) in [5.41, 5.74) is -0.249. The van der Waals surface area contributed by atoms with Crippen LogP contribution in [0.15, 0.2) is 30.3 Å². The molecule has 32 heavy (non-hydrogen) atoms. The summed E-state index contributed by atoms with van der Waals surface area (Å²) in [4.78, 5) is 0. The molecule has 2 aromatic rings. The quantitative estimate of drug-likeness (QED) is 0.376. The lowest BCUT2D eigenvalue weighted by Gasteiger charge is -2.32. The fraction of sp³-hybridized carbons (Fsp3) is 0.500. The van der Waals surface area contributed by atoms with E-state index in [4.69, 9.17) is 0 Å². The molecule has 176 valence electrons. The highest BCUT2D eigenvalue weighted by molar-refractivity contribution is 5.66. The highest BCUT2D eigenvalue weighted by Crippen LogP contribution is 2.41. The van der Waals surface area contributed by atoms with Gasteiger partial charge in [0, 0.05) is 0 Å². The third kappa shape index (κ3) is 5.95. The van der Waals surface area contributed by atoms with E-state index >= 15 is 0 Å². The molecule has 0 saturated heterocycles. The number of rotatable bonds is 7. The maximum Gasteiger partial charge on any atom is 0.573 e. The molecule has 0 aliphatic heterocycles. The van der Waals surface area contributed by atoms with Crippen molar-refractivity contribution in [3.05, 3.63) is 53.3 Å². The Morgan fingerprint density at radius 3 is 2.09 bits per heavy atom. The summed E-state index contributed by atoms with van der Waals surface area (Å²) < 4.78 is 96.5. The Balaban J connectivity index is 1.76. The van der Waals surface area contributed by atoms with Crippen molar-refractivity contribution in [3.8, 4) is 16.9 Å². The van der Waals surface area contributed by atoms with Crippen molar-refractivity contribution < 1.29 is 35.5 Å². The standard InChI is InChI=1S/C24H25F7O/c1-14(16-6-4-15(5-7-16)3-2-10-25)18-12-20(27)23(21(28)13-18)17-8-9-22(19(26)11-17)32-24(29,30)31/h8-9,11-16H,2-7,10H2,1H3. The van der Waals surface area contributed by atoms with E-state index in [-0.39, 0.29) is 24.1 Å². The minimum absolute atomic E-state index is 0.102. The molecule has 1 saturated carbocycles. The molecule has 0 spiro atoms. The summed E-state index contributed by atoms with van der Waals surface area (Å²) in [5, 5.41) is 0. The molecule has 3 rings (SSSR count). The normalized spacial score (nSPS) is 20.2. The monoisotopic (exact) mass is 462 g/mol. The zero-order valence-corrected chi connectivity index (χ0v) is 17.6. The Hall–Kier alpha value is -2.25. The molecule has 1 unspecified atom stereocenters. The fourth-order valence-electron chi connectivity index (χ4n) is 4.61. The van der Waals surface area contributed by atoms with Gasteiger partial charge in [0.05, 0.1) is 12.2 Å². The summed E-state index contributed by atoms with van der Waals surface area (Å²) in [5.74, 6) is -3.63. The summed E-state index contributed by atoms with van der Waals surface area (Å²) in [7, 11) is 0. The van der Waals surface area contributed by atoms with E-state index in [0.29, 0.717) is 30.0 Å². The third-order valence-electron chi connectivity index (χ3n) is 6.38. The van der Waals surface area contributed by atoms with Crippen molar-refractivity contribution in [2.24, 2.45) is 11.8 Å². The van der Waals surface area contributed by atoms with Crippen molar-refractivity contribution in [2.75, 3.05) is 6.67 Å². The van der Waals surface area contributed by atoms with E-state index in [1.54, 1.807) is 0 Å². The molecule has 1 aliphatic rings. The molecule has 1 atom stereocenters. The zero-order chi connectivity index (χ0) is 23.5. The summed E-state index contributed by atoms with van der Waals surface area (Å²) >= 11 is 0. The van der Waals surface area contributed by atoms with Crippen molar-refractivity contribution >= 4 is 0 Å². The van der Waals surface area contributed by atoms with Crippen LogP contribution in [0.1, 0.15) is 56.9 Å². The second-order valence-electron chi connectivity index (χ2n) is 8.45. The topological polar surface area (TPSA) is 9.23 Å². The summed E-state index contributed by atoms with van der Waals surface area (Å²) in [6.07, 6.45) is 0.0615. The van der Waals surface area contributed by atoms with Gasteiger partial charge in [-0.25, -0.2) is 13.2 Å². The maximum absolute atomic E-state index is 14.8. The number of ether oxygens (including phenoxy) is 1. The lowest BCUT2D eigenvalue weighted by Crippen LogP contribution is -2.19. The van der Waals surface area contributed by atoms with E-state index in [2.05, 4.69) is 4.74 Å². The Morgan fingerprint density at radius 1 is 0.938 bits per heavy atom. The van der Waals surface area contributed by atoms with Crippen LogP contribution in [-0.4, -0.2) is 13.0 Å². The van der Waals surface area contributed by atoms with E-state index in [9.17, 15) is 30.7 Å². The van der Waals surface area contributed by atoms with Crippen LogP contribution >= 0.6 is 0 Å². The smallest absolute Gasteiger partial charge is 0.403 e. The fourth-order valence-corrected chi connectivity index (χ4v) is 4.61. The minimum atomic E-state index is -5.08. The second kappa shape index (κ2) is 10.1. The van der Waals surface area contributed by atoms with E-state index in [0.717, 1.165) is 38.2 Å². The Kier molecular flexibility index (Phi) is 7.72. The molecule has 2 aromatic carbocycles. The number of halogens is 7. The zero-order valence-electron chi connectivity index (χ0n) is 17.6. The Morgan fingerprint density at radius 2 is 1.56 bits per heavy atom. The van der Waals surface area contributed by atoms with E-state index < -0.39 is 35.1 Å². The number of hydrogen-bond acceptors (Lipinski definition) is 1. The molecular formula is C24H25F7O. The largest absolute Gasteiger partial charge is 0.573 e. The number of hydrogen-bond donors (Lipinski definition) is 0. The van der Waals surface area contributed by atoms with Crippen LogP contribution in [0, 0.1) is 29.3 Å². The Bertz CT molecular complexity index is 894. The van der Waals surface area contributed by atoms with Gasteiger partial charge in [-0.2, -0.15) is 0 Å². The van der Waals surface area contributed by atoms with Crippen molar-refractivity contribution in [1.82, 2.24) is 0 Å². The highest BCUT2D eigenvalue weighted by atomic mass is 19.4. The van der Waals surface area contributed by atoms with Gasteiger partial charge in [0.2, 0.25) is 0 Å². The van der Waals surface area contributed by atoms with Crippen molar-refractivity contribution in [2.45, 2.75) is 57.7 Å². The summed E-state index contributed by atoms with van der Waals surface area (Å²) in [6.45, 7) is 1.59. The molecule has 0 amide bonds. The van der Waals surface area contributed by atoms with Crippen LogP contribution in [0.3, 0.4) is 0 Å². The molecule has 1 nitrogen and oxygen atoms in total. The maximum atomic E-state index is 14.8. The van der Waals surface area contributed by atoms with Crippen molar-refractivity contribution in [1.29, 1.82) is 0 Å². The van der Waals surface area contributed by atoms with Crippen LogP contribution < -0.4 is 4.74 Å². The van der Waals surface area contributed by atoms with Crippen LogP contribution in [-0.2, 0) is 0 Å². The summed E-state index contributed by atoms with van der Waals surface area (Å²) in [6, 6.07) is 4.69. The average Bonchev–Trinajstić information content (AvgIpc) is 2.72. The first kappa shape index (κ1) is 24.4. The molecule has 0 N–H and O–H groups in total. The van der Waals surface area contributed by atoms with Gasteiger partial charge in [0.25, 0.3) is 0 Å². The minimum Gasteiger partial charge on any atom is -0.403 e. The van der Waals surface area contributed by atoms with Gasteiger partial charge in [-0.15, -0.1) is 13.2 Å². The molecule has 1 fully saturated rings. The highest BCUT2D eigenvalue weighted by Gasteiger charge is 2.32.